The monoisotopic (exact) mass is 400 g/mol. The van der Waals surface area contributed by atoms with Crippen molar-refractivity contribution in [3.8, 4) is 0 Å². The van der Waals surface area contributed by atoms with E-state index in [1.54, 1.807) is 18.5 Å². The summed E-state index contributed by atoms with van der Waals surface area (Å²) in [6.45, 7) is 0. The molecule has 0 fully saturated rings. The number of carbonyl (C=O) groups is 1. The Morgan fingerprint density at radius 2 is 1.87 bits per heavy atom. The van der Waals surface area contributed by atoms with Crippen molar-refractivity contribution in [2.45, 2.75) is 19.3 Å². The average Bonchev–Trinajstić information content (AvgIpc) is 3.44. The molecule has 0 aliphatic rings. The molecule has 1 aromatic carbocycles. The van der Waals surface area contributed by atoms with Crippen molar-refractivity contribution in [1.29, 1.82) is 0 Å². The molecule has 30 heavy (non-hydrogen) atoms. The predicted molar refractivity (Wildman–Crippen MR) is 111 cm³/mol. The van der Waals surface area contributed by atoms with Crippen molar-refractivity contribution in [3.63, 3.8) is 0 Å². The van der Waals surface area contributed by atoms with Crippen molar-refractivity contribution < 1.29 is 14.3 Å². The first-order valence-corrected chi connectivity index (χ1v) is 9.54. The number of aliphatic hydroxyl groups is 1. The van der Waals surface area contributed by atoms with Gasteiger partial charge >= 0.3 is 0 Å². The van der Waals surface area contributed by atoms with Crippen LogP contribution in [-0.4, -0.2) is 31.1 Å². The summed E-state index contributed by atoms with van der Waals surface area (Å²) < 4.78 is 6.07. The average molecular weight is 400 g/mol. The van der Waals surface area contributed by atoms with Gasteiger partial charge in [0.2, 0.25) is 5.78 Å². The molecule has 0 bridgehead atoms. The third kappa shape index (κ3) is 4.70. The van der Waals surface area contributed by atoms with Crippen LogP contribution in [0.25, 0.3) is 5.76 Å². The van der Waals surface area contributed by atoms with E-state index in [0.29, 0.717) is 29.9 Å². The normalized spacial score (nSPS) is 11.5. The number of H-pyrrole nitrogens is 1. The van der Waals surface area contributed by atoms with Crippen LogP contribution in [0.1, 0.15) is 38.8 Å². The molecule has 0 amide bonds. The number of aromatic nitrogens is 4. The third-order valence-electron chi connectivity index (χ3n) is 4.66. The van der Waals surface area contributed by atoms with Crippen LogP contribution >= 0.6 is 0 Å². The third-order valence-corrected chi connectivity index (χ3v) is 4.66. The molecule has 3 aromatic heterocycles. The van der Waals surface area contributed by atoms with E-state index in [2.05, 4.69) is 20.2 Å². The second-order valence-electron chi connectivity index (χ2n) is 6.80. The lowest BCUT2D eigenvalue weighted by molar-refractivity contribution is 0.103. The molecule has 0 saturated carbocycles. The Morgan fingerprint density at radius 1 is 1.07 bits per heavy atom. The van der Waals surface area contributed by atoms with E-state index in [9.17, 15) is 9.90 Å². The summed E-state index contributed by atoms with van der Waals surface area (Å²) in [6, 6.07) is 15.6. The maximum Gasteiger partial charge on any atom is 0.226 e. The summed E-state index contributed by atoms with van der Waals surface area (Å²) in [5, 5.41) is 16.8. The molecule has 0 spiro atoms. The number of hydrogen-bond donors (Lipinski definition) is 2. The van der Waals surface area contributed by atoms with Crippen LogP contribution in [0.15, 0.2) is 77.7 Å². The van der Waals surface area contributed by atoms with E-state index in [0.717, 1.165) is 23.6 Å². The van der Waals surface area contributed by atoms with Gasteiger partial charge in [-0.05, 0) is 35.7 Å². The number of aryl methyl sites for hydroxylation is 2. The first-order chi connectivity index (χ1) is 14.7. The summed E-state index contributed by atoms with van der Waals surface area (Å²) >= 11 is 0. The fourth-order valence-electron chi connectivity index (χ4n) is 3.17. The largest absolute Gasteiger partial charge is 0.507 e. The number of nitrogens with zero attached hydrogens (tertiary/aromatic N) is 3. The Morgan fingerprint density at radius 3 is 2.60 bits per heavy atom. The van der Waals surface area contributed by atoms with E-state index in [-0.39, 0.29) is 11.6 Å². The van der Waals surface area contributed by atoms with Crippen molar-refractivity contribution in [1.82, 2.24) is 20.2 Å². The summed E-state index contributed by atoms with van der Waals surface area (Å²) in [5.41, 5.74) is 2.71. The van der Waals surface area contributed by atoms with Crippen LogP contribution in [0.5, 0.6) is 0 Å². The number of aliphatic hydroxyl groups excluding tert-OH is 1. The lowest BCUT2D eigenvalue weighted by atomic mass is 10.0. The minimum atomic E-state index is -0.462. The van der Waals surface area contributed by atoms with Crippen LogP contribution in [-0.2, 0) is 19.3 Å². The highest BCUT2D eigenvalue weighted by atomic mass is 16.3. The number of carbonyl (C=O) groups excluding carboxylic acids is 1. The van der Waals surface area contributed by atoms with Gasteiger partial charge in [0, 0.05) is 31.3 Å². The van der Waals surface area contributed by atoms with E-state index >= 15 is 0 Å². The number of furan rings is 1. The Bertz CT molecular complexity index is 1130. The minimum absolute atomic E-state index is 0.0629. The number of benzene rings is 1. The van der Waals surface area contributed by atoms with Gasteiger partial charge in [-0.2, -0.15) is 5.10 Å². The smallest absolute Gasteiger partial charge is 0.226 e. The van der Waals surface area contributed by atoms with Gasteiger partial charge in [0.05, 0.1) is 5.56 Å². The number of nitrogens with one attached hydrogen (secondary N) is 1. The zero-order valence-corrected chi connectivity index (χ0v) is 16.2. The summed E-state index contributed by atoms with van der Waals surface area (Å²) in [7, 11) is 0. The maximum atomic E-state index is 12.3. The number of aromatic amines is 1. The molecule has 0 saturated heterocycles. The number of hydrogen-bond acceptors (Lipinski definition) is 6. The van der Waals surface area contributed by atoms with Gasteiger partial charge < -0.3 is 9.52 Å². The van der Waals surface area contributed by atoms with Crippen molar-refractivity contribution in [3.05, 3.63) is 107 Å². The van der Waals surface area contributed by atoms with Gasteiger partial charge in [-0.3, -0.25) is 14.9 Å². The molecular weight excluding hydrogens is 380 g/mol. The van der Waals surface area contributed by atoms with E-state index in [1.165, 1.54) is 6.33 Å². The van der Waals surface area contributed by atoms with Gasteiger partial charge in [-0.25, -0.2) is 4.98 Å². The molecule has 4 aromatic rings. The van der Waals surface area contributed by atoms with E-state index < -0.39 is 5.78 Å². The quantitative estimate of drug-likeness (QED) is 0.264. The van der Waals surface area contributed by atoms with E-state index in [1.807, 2.05) is 42.5 Å². The highest BCUT2D eigenvalue weighted by Gasteiger charge is 2.17. The Balaban J connectivity index is 1.61. The SMILES string of the molecule is O=C(C=C(O)c1cc(Cc2ccncc2)oc1CCc1ccccc1)c1ncn[nH]1. The summed E-state index contributed by atoms with van der Waals surface area (Å²) in [5.74, 6) is 0.765. The minimum Gasteiger partial charge on any atom is -0.507 e. The first kappa shape index (κ1) is 19.3. The highest BCUT2D eigenvalue weighted by molar-refractivity contribution is 6.05. The molecule has 0 aliphatic heterocycles. The molecule has 0 atom stereocenters. The summed E-state index contributed by atoms with van der Waals surface area (Å²) in [6.07, 6.45) is 7.72. The Hall–Kier alpha value is -4.00. The zero-order chi connectivity index (χ0) is 20.8. The summed E-state index contributed by atoms with van der Waals surface area (Å²) in [4.78, 5) is 20.1. The van der Waals surface area contributed by atoms with Crippen LogP contribution in [0.2, 0.25) is 0 Å². The van der Waals surface area contributed by atoms with Crippen molar-refractivity contribution in [2.75, 3.05) is 0 Å². The molecule has 0 unspecified atom stereocenters. The highest BCUT2D eigenvalue weighted by Crippen LogP contribution is 2.25. The van der Waals surface area contributed by atoms with Gasteiger partial charge in [-0.15, -0.1) is 0 Å². The molecule has 4 rings (SSSR count). The number of rotatable bonds is 8. The molecular formula is C23H20N4O3. The molecule has 3 heterocycles. The molecule has 2 N–H and O–H groups in total. The Labute approximate surface area is 173 Å². The fourth-order valence-corrected chi connectivity index (χ4v) is 3.17. The second kappa shape index (κ2) is 9.00. The molecule has 7 nitrogen and oxygen atoms in total. The predicted octanol–water partition coefficient (Wildman–Crippen LogP) is 3.95. The second-order valence-corrected chi connectivity index (χ2v) is 6.80. The standard InChI is InChI=1S/C23H20N4O3/c28-20(14-21(29)23-25-15-26-27-23)19-13-18(12-17-8-10-24-11-9-17)30-22(19)7-6-16-4-2-1-3-5-16/h1-5,8-11,13-15,28H,6-7,12H2,(H,25,26,27). The number of pyridine rings is 1. The molecule has 150 valence electrons. The van der Waals surface area contributed by atoms with Crippen LogP contribution in [0.3, 0.4) is 0 Å². The molecule has 0 aliphatic carbocycles. The van der Waals surface area contributed by atoms with Crippen molar-refractivity contribution in [2.24, 2.45) is 0 Å². The molecule has 7 heteroatoms. The van der Waals surface area contributed by atoms with Crippen molar-refractivity contribution >= 4 is 11.5 Å². The number of ketones is 1. The number of allylic oxidation sites excluding steroid dienone is 1. The van der Waals surface area contributed by atoms with Crippen LogP contribution in [0.4, 0.5) is 0 Å². The Kier molecular flexibility index (Phi) is 5.80. The van der Waals surface area contributed by atoms with Gasteiger partial charge in [0.1, 0.15) is 23.6 Å². The van der Waals surface area contributed by atoms with Gasteiger partial charge in [0.25, 0.3) is 0 Å². The van der Waals surface area contributed by atoms with E-state index in [4.69, 9.17) is 4.42 Å². The first-order valence-electron chi connectivity index (χ1n) is 9.54. The van der Waals surface area contributed by atoms with Crippen LogP contribution in [0, 0.1) is 0 Å². The topological polar surface area (TPSA) is 105 Å². The zero-order valence-electron chi connectivity index (χ0n) is 16.2. The van der Waals surface area contributed by atoms with Crippen LogP contribution < -0.4 is 0 Å². The van der Waals surface area contributed by atoms with Gasteiger partial charge in [-0.1, -0.05) is 30.3 Å². The van der Waals surface area contributed by atoms with Gasteiger partial charge in [0.15, 0.2) is 5.82 Å². The molecule has 0 radical (unpaired) electrons. The maximum absolute atomic E-state index is 12.3. The lowest BCUT2D eigenvalue weighted by Crippen LogP contribution is -2.00. The fraction of sp³-hybridized carbons (Fsp3) is 0.130. The lowest BCUT2D eigenvalue weighted by Gasteiger charge is -2.03.